The standard InChI is InChI=1S/C24H25N7O5S/c1-15(33)27-20-10-18(17(11-26-20)19-12-31-6-3-5-25-23(31)29-19)28-21-8-16(9-22(30-21)37(2,34)35)24(13-32)4-7-36-14-24/h3,5-6,8-12,32H,4,7,13-14H2,1-2H3,(H2,26,27,28,30,33). The average Bonchev–Trinajstić information content (AvgIpc) is 3.51. The van der Waals surface area contributed by atoms with Crippen LogP contribution in [0.4, 0.5) is 17.3 Å². The maximum atomic E-state index is 12.5. The number of anilines is 3. The molecule has 1 atom stereocenters. The van der Waals surface area contributed by atoms with Crippen molar-refractivity contribution in [3.05, 3.63) is 54.6 Å². The second-order valence-corrected chi connectivity index (χ2v) is 10.9. The Bertz CT molecular complexity index is 1560. The van der Waals surface area contributed by atoms with E-state index in [1.165, 1.54) is 13.0 Å². The minimum Gasteiger partial charge on any atom is -0.395 e. The van der Waals surface area contributed by atoms with E-state index in [2.05, 4.69) is 30.6 Å². The highest BCUT2D eigenvalue weighted by Gasteiger charge is 2.37. The minimum atomic E-state index is -3.68. The molecule has 13 heteroatoms. The van der Waals surface area contributed by atoms with Gasteiger partial charge in [-0.15, -0.1) is 0 Å². The van der Waals surface area contributed by atoms with Gasteiger partial charge in [0.15, 0.2) is 14.9 Å². The van der Waals surface area contributed by atoms with Crippen molar-refractivity contribution in [3.63, 3.8) is 0 Å². The Morgan fingerprint density at radius 1 is 1.22 bits per heavy atom. The molecule has 5 rings (SSSR count). The van der Waals surface area contributed by atoms with Gasteiger partial charge in [-0.3, -0.25) is 9.20 Å². The van der Waals surface area contributed by atoms with Crippen LogP contribution in [0, 0.1) is 0 Å². The number of pyridine rings is 2. The molecule has 12 nitrogen and oxygen atoms in total. The number of nitrogens with zero attached hydrogens (tertiary/aromatic N) is 5. The Labute approximate surface area is 212 Å². The zero-order chi connectivity index (χ0) is 26.2. The molecular weight excluding hydrogens is 498 g/mol. The largest absolute Gasteiger partial charge is 0.395 e. The Kier molecular flexibility index (Phi) is 6.35. The molecule has 0 aromatic carbocycles. The summed E-state index contributed by atoms with van der Waals surface area (Å²) in [7, 11) is -3.68. The Balaban J connectivity index is 1.64. The third kappa shape index (κ3) is 5.01. The van der Waals surface area contributed by atoms with Crippen molar-refractivity contribution in [2.45, 2.75) is 23.8 Å². The minimum absolute atomic E-state index is 0.137. The summed E-state index contributed by atoms with van der Waals surface area (Å²) < 4.78 is 32.3. The van der Waals surface area contributed by atoms with Gasteiger partial charge in [-0.05, 0) is 30.2 Å². The molecule has 5 heterocycles. The second kappa shape index (κ2) is 9.50. The van der Waals surface area contributed by atoms with Crippen LogP contribution in [0.3, 0.4) is 0 Å². The van der Waals surface area contributed by atoms with Crippen LogP contribution in [0.15, 0.2) is 54.1 Å². The molecule has 3 N–H and O–H groups in total. The molecule has 4 aromatic heterocycles. The van der Waals surface area contributed by atoms with Crippen LogP contribution >= 0.6 is 0 Å². The number of amides is 1. The van der Waals surface area contributed by atoms with Gasteiger partial charge < -0.3 is 20.5 Å². The van der Waals surface area contributed by atoms with Gasteiger partial charge in [-0.1, -0.05) is 0 Å². The number of carbonyl (C=O) groups excluding carboxylic acids is 1. The van der Waals surface area contributed by atoms with E-state index in [9.17, 15) is 18.3 Å². The molecule has 192 valence electrons. The Morgan fingerprint density at radius 2 is 2.05 bits per heavy atom. The highest BCUT2D eigenvalue weighted by atomic mass is 32.2. The van der Waals surface area contributed by atoms with Crippen LogP contribution in [0.5, 0.6) is 0 Å². The number of carbonyl (C=O) groups is 1. The van der Waals surface area contributed by atoms with E-state index < -0.39 is 15.3 Å². The van der Waals surface area contributed by atoms with Crippen LogP contribution in [-0.4, -0.2) is 69.8 Å². The SMILES string of the molecule is CC(=O)Nc1cc(Nc2cc(C3(CO)CCOC3)cc(S(C)(=O)=O)n2)c(-c2cn3cccnc3n2)cn1. The number of sulfone groups is 1. The van der Waals surface area contributed by atoms with E-state index in [0.29, 0.717) is 41.3 Å². The summed E-state index contributed by atoms with van der Waals surface area (Å²) in [5.74, 6) is 0.714. The van der Waals surface area contributed by atoms with Crippen molar-refractivity contribution < 1.29 is 23.1 Å². The lowest BCUT2D eigenvalue weighted by Crippen LogP contribution is -2.31. The quantitative estimate of drug-likeness (QED) is 0.326. The van der Waals surface area contributed by atoms with E-state index >= 15 is 0 Å². The summed E-state index contributed by atoms with van der Waals surface area (Å²) in [6.07, 6.45) is 8.40. The fourth-order valence-corrected chi connectivity index (χ4v) is 4.83. The van der Waals surface area contributed by atoms with Gasteiger partial charge in [0.05, 0.1) is 24.6 Å². The zero-order valence-electron chi connectivity index (χ0n) is 20.2. The zero-order valence-corrected chi connectivity index (χ0v) is 21.0. The number of aliphatic hydroxyl groups excluding tert-OH is 1. The normalized spacial score (nSPS) is 17.7. The number of imidazole rings is 1. The van der Waals surface area contributed by atoms with Crippen molar-refractivity contribution in [2.24, 2.45) is 0 Å². The number of ether oxygens (including phenoxy) is 1. The lowest BCUT2D eigenvalue weighted by atomic mass is 9.81. The van der Waals surface area contributed by atoms with Crippen molar-refractivity contribution in [1.29, 1.82) is 0 Å². The number of nitrogens with one attached hydrogen (secondary N) is 2. The fourth-order valence-electron chi connectivity index (χ4n) is 4.23. The molecule has 0 aliphatic carbocycles. The van der Waals surface area contributed by atoms with Crippen molar-refractivity contribution in [2.75, 3.05) is 36.7 Å². The average molecular weight is 524 g/mol. The summed E-state index contributed by atoms with van der Waals surface area (Å²) in [4.78, 5) is 29.1. The maximum absolute atomic E-state index is 12.5. The number of fused-ring (bicyclic) bond motifs is 1. The van der Waals surface area contributed by atoms with E-state index in [0.717, 1.165) is 6.26 Å². The van der Waals surface area contributed by atoms with E-state index in [-0.39, 0.29) is 35.8 Å². The molecule has 1 unspecified atom stereocenters. The molecular formula is C24H25N7O5S. The first kappa shape index (κ1) is 24.7. The summed E-state index contributed by atoms with van der Waals surface area (Å²) in [5.41, 5.74) is 1.47. The van der Waals surface area contributed by atoms with E-state index in [1.807, 2.05) is 6.20 Å². The number of aromatic nitrogens is 5. The van der Waals surface area contributed by atoms with Gasteiger partial charge >= 0.3 is 0 Å². The molecule has 0 bridgehead atoms. The molecule has 1 fully saturated rings. The molecule has 0 spiro atoms. The summed E-state index contributed by atoms with van der Waals surface area (Å²) in [5, 5.41) is 15.9. The second-order valence-electron chi connectivity index (χ2n) is 8.97. The third-order valence-corrected chi connectivity index (χ3v) is 7.15. The van der Waals surface area contributed by atoms with Crippen LogP contribution < -0.4 is 10.6 Å². The lowest BCUT2D eigenvalue weighted by Gasteiger charge is -2.26. The van der Waals surface area contributed by atoms with Gasteiger partial charge in [0.25, 0.3) is 0 Å². The highest BCUT2D eigenvalue weighted by Crippen LogP contribution is 2.36. The Morgan fingerprint density at radius 3 is 2.73 bits per heavy atom. The highest BCUT2D eigenvalue weighted by molar-refractivity contribution is 7.90. The molecule has 1 aliphatic rings. The lowest BCUT2D eigenvalue weighted by molar-refractivity contribution is -0.114. The van der Waals surface area contributed by atoms with Gasteiger partial charge in [0.2, 0.25) is 11.7 Å². The Hall–Kier alpha value is -3.94. The predicted molar refractivity (Wildman–Crippen MR) is 135 cm³/mol. The van der Waals surface area contributed by atoms with Crippen LogP contribution in [0.2, 0.25) is 0 Å². The summed E-state index contributed by atoms with van der Waals surface area (Å²) in [6, 6.07) is 6.58. The van der Waals surface area contributed by atoms with Gasteiger partial charge in [-0.25, -0.2) is 28.4 Å². The number of aliphatic hydroxyl groups is 1. The fraction of sp³-hybridized carbons (Fsp3) is 0.292. The first-order valence-electron chi connectivity index (χ1n) is 11.4. The summed E-state index contributed by atoms with van der Waals surface area (Å²) >= 11 is 0. The summed E-state index contributed by atoms with van der Waals surface area (Å²) in [6.45, 7) is 1.88. The molecule has 37 heavy (non-hydrogen) atoms. The third-order valence-electron chi connectivity index (χ3n) is 6.18. The predicted octanol–water partition coefficient (Wildman–Crippen LogP) is 1.94. The topological polar surface area (TPSA) is 161 Å². The molecule has 1 amide bonds. The van der Waals surface area contributed by atoms with Crippen LogP contribution in [0.25, 0.3) is 17.0 Å². The van der Waals surface area contributed by atoms with Gasteiger partial charge in [0.1, 0.15) is 11.6 Å². The molecule has 4 aromatic rings. The first-order chi connectivity index (χ1) is 17.7. The molecule has 1 aliphatic heterocycles. The van der Waals surface area contributed by atoms with Crippen molar-refractivity contribution in [3.8, 4) is 11.3 Å². The molecule has 0 saturated carbocycles. The van der Waals surface area contributed by atoms with Gasteiger partial charge in [0, 0.05) is 61.6 Å². The number of hydrogen-bond donors (Lipinski definition) is 3. The maximum Gasteiger partial charge on any atom is 0.234 e. The molecule has 1 saturated heterocycles. The van der Waals surface area contributed by atoms with Crippen molar-refractivity contribution in [1.82, 2.24) is 24.3 Å². The number of rotatable bonds is 7. The smallest absolute Gasteiger partial charge is 0.234 e. The van der Waals surface area contributed by atoms with Crippen molar-refractivity contribution >= 4 is 38.8 Å². The van der Waals surface area contributed by atoms with Crippen LogP contribution in [-0.2, 0) is 24.8 Å². The van der Waals surface area contributed by atoms with Crippen LogP contribution in [0.1, 0.15) is 18.9 Å². The number of hydrogen-bond acceptors (Lipinski definition) is 10. The first-order valence-corrected chi connectivity index (χ1v) is 13.3. The van der Waals surface area contributed by atoms with E-state index in [4.69, 9.17) is 4.74 Å². The van der Waals surface area contributed by atoms with Gasteiger partial charge in [-0.2, -0.15) is 0 Å². The van der Waals surface area contributed by atoms with E-state index in [1.54, 1.807) is 41.2 Å². The monoisotopic (exact) mass is 523 g/mol. The molecule has 0 radical (unpaired) electrons.